The van der Waals surface area contributed by atoms with E-state index < -0.39 is 35.9 Å². The summed E-state index contributed by atoms with van der Waals surface area (Å²) in [6.07, 6.45) is 30.7. The smallest absolute Gasteiger partial charge is 0.246 e. The number of hydrogen-bond donors (Lipinski definition) is 0. The molecule has 0 aromatic carbocycles. The van der Waals surface area contributed by atoms with Crippen molar-refractivity contribution in [2.45, 2.75) is 160 Å². The van der Waals surface area contributed by atoms with Gasteiger partial charge in [0.1, 0.15) is 0 Å². The molecule has 12 aliphatic rings. The molecule has 0 amide bonds. The zero-order valence-electron chi connectivity index (χ0n) is 43.4. The Morgan fingerprint density at radius 3 is 0.333 bits per heavy atom. The number of nitrogens with zero attached hydrogens (tertiary/aromatic N) is 16. The van der Waals surface area contributed by atoms with Gasteiger partial charge in [-0.1, -0.05) is 0 Å². The molecule has 0 bridgehead atoms. The standard InChI is InChI=1S/C49H96N16P4/c1-2-26-54(25-1)66(55-27-3-4-28-55,56-29-5-6-30-56)50-49(51-67(57-31-7-8-32-57,58-33-9-10-34-58)59-35-11-12-36-59,52-68(60-37-13-14-38-60,61-39-15-16-40-61)62-41-17-18-42-62)53-69(63-43-19-20-44-63,64-45-21-22-46-64)65-47-23-24-48-65/h1-48H2. The van der Waals surface area contributed by atoms with Crippen molar-refractivity contribution in [1.29, 1.82) is 0 Å². The van der Waals surface area contributed by atoms with E-state index in [0.717, 1.165) is 157 Å². The molecule has 20 heteroatoms. The van der Waals surface area contributed by atoms with Gasteiger partial charge in [-0.05, 0) is 154 Å². The normalized spacial score (nSPS) is 30.0. The van der Waals surface area contributed by atoms with Gasteiger partial charge in [-0.3, -0.25) is 0 Å². The molecule has 0 saturated carbocycles. The number of rotatable bonds is 16. The highest BCUT2D eigenvalue weighted by atomic mass is 31.2. The molecule has 0 unspecified atom stereocenters. The van der Waals surface area contributed by atoms with E-state index in [0.29, 0.717) is 0 Å². The molecule has 0 aliphatic carbocycles. The fourth-order valence-corrected chi connectivity index (χ4v) is 33.4. The van der Waals surface area contributed by atoms with Crippen molar-refractivity contribution >= 4 is 30.0 Å². The van der Waals surface area contributed by atoms with Crippen LogP contribution < -0.4 is 0 Å². The van der Waals surface area contributed by atoms with Crippen LogP contribution in [0.1, 0.15) is 154 Å². The van der Waals surface area contributed by atoms with Crippen molar-refractivity contribution in [3.63, 3.8) is 0 Å². The molecule has 12 saturated heterocycles. The summed E-state index contributed by atoms with van der Waals surface area (Å²) < 4.78 is 65.6. The minimum Gasteiger partial charge on any atom is -0.246 e. The Balaban J connectivity index is 1.31. The van der Waals surface area contributed by atoms with Gasteiger partial charge >= 0.3 is 5.91 Å². The van der Waals surface area contributed by atoms with E-state index in [1.54, 1.807) is 0 Å². The summed E-state index contributed by atoms with van der Waals surface area (Å²) in [4.78, 5) is 0. The molecule has 69 heavy (non-hydrogen) atoms. The van der Waals surface area contributed by atoms with E-state index in [-0.39, 0.29) is 0 Å². The van der Waals surface area contributed by atoms with Crippen LogP contribution in [0.2, 0.25) is 0 Å². The predicted molar refractivity (Wildman–Crippen MR) is 290 cm³/mol. The Morgan fingerprint density at radius 2 is 0.246 bits per heavy atom. The van der Waals surface area contributed by atoms with Crippen LogP contribution >= 0.6 is 30.0 Å². The largest absolute Gasteiger partial charge is 0.357 e. The first-order valence-electron chi connectivity index (χ1n) is 29.7. The second kappa shape index (κ2) is 22.2. The predicted octanol–water partition coefficient (Wildman–Crippen LogP) is 10.5. The van der Waals surface area contributed by atoms with Crippen molar-refractivity contribution in [2.24, 2.45) is 19.0 Å². The van der Waals surface area contributed by atoms with Gasteiger partial charge < -0.3 is 0 Å². The third kappa shape index (κ3) is 9.28. The Labute approximate surface area is 420 Å². The molecular weight excluding hydrogens is 937 g/mol. The maximum Gasteiger partial charge on any atom is 0.357 e. The van der Waals surface area contributed by atoms with E-state index >= 15 is 0 Å². The van der Waals surface area contributed by atoms with Crippen LogP contribution in [0.15, 0.2) is 19.0 Å². The van der Waals surface area contributed by atoms with Crippen LogP contribution in [-0.2, 0) is 0 Å². The highest BCUT2D eigenvalue weighted by molar-refractivity contribution is 7.61. The van der Waals surface area contributed by atoms with Crippen molar-refractivity contribution in [3.8, 4) is 0 Å². The minimum atomic E-state index is -2.57. The average Bonchev–Trinajstić information content (AvgIpc) is 4.22. The quantitative estimate of drug-likeness (QED) is 0.138. The highest BCUT2D eigenvalue weighted by Crippen LogP contribution is 2.74. The Bertz CT molecular complexity index is 1460. The van der Waals surface area contributed by atoms with Crippen LogP contribution in [0, 0.1) is 0 Å². The highest BCUT2D eigenvalue weighted by Gasteiger charge is 2.57. The minimum absolute atomic E-state index is 1.15. The lowest BCUT2D eigenvalue weighted by atomic mass is 10.4. The summed E-state index contributed by atoms with van der Waals surface area (Å²) in [5, 5.41) is 0. The van der Waals surface area contributed by atoms with Crippen molar-refractivity contribution in [1.82, 2.24) is 56.0 Å². The lowest BCUT2D eigenvalue weighted by Gasteiger charge is -2.52. The summed E-state index contributed by atoms with van der Waals surface area (Å²) in [7, 11) is -10.3. The molecule has 0 radical (unpaired) electrons. The second-order valence-electron chi connectivity index (χ2n) is 23.1. The molecule has 0 atom stereocenters. The van der Waals surface area contributed by atoms with Crippen molar-refractivity contribution in [2.75, 3.05) is 157 Å². The SMILES string of the molecule is C1CCN(P(=NC(N=P(N2CCCC2)(N2CCCC2)N2CCCC2)(N=P(N2CCCC2)(N2CCCC2)N2CCCC2)N=P(N2CCCC2)(N2CCCC2)N2CCCC2)(N2CCCC2)N2CCCC2)C1. The molecule has 392 valence electrons. The van der Waals surface area contributed by atoms with E-state index in [4.69, 9.17) is 19.0 Å². The molecule has 12 aliphatic heterocycles. The molecule has 16 nitrogen and oxygen atoms in total. The zero-order chi connectivity index (χ0) is 46.2. The summed E-state index contributed by atoms with van der Waals surface area (Å²) in [5.41, 5.74) is 0. The van der Waals surface area contributed by atoms with Gasteiger partial charge in [0.15, 0.2) is 30.0 Å². The van der Waals surface area contributed by atoms with Gasteiger partial charge in [0, 0.05) is 157 Å². The molecule has 12 heterocycles. The summed E-state index contributed by atoms with van der Waals surface area (Å²) in [6, 6.07) is 0. The van der Waals surface area contributed by atoms with Crippen LogP contribution in [-0.4, -0.2) is 219 Å². The lowest BCUT2D eigenvalue weighted by Crippen LogP contribution is -2.44. The Kier molecular flexibility index (Phi) is 16.2. The molecule has 12 fully saturated rings. The topological polar surface area (TPSA) is 88.3 Å². The van der Waals surface area contributed by atoms with Crippen LogP contribution in [0.5, 0.6) is 0 Å². The third-order valence-electron chi connectivity index (χ3n) is 18.6. The van der Waals surface area contributed by atoms with Gasteiger partial charge in [-0.15, -0.1) is 0 Å². The summed E-state index contributed by atoms with van der Waals surface area (Å²) in [5.74, 6) is -1.27. The summed E-state index contributed by atoms with van der Waals surface area (Å²) >= 11 is 0. The molecule has 0 spiro atoms. The van der Waals surface area contributed by atoms with E-state index in [9.17, 15) is 0 Å². The average molecular weight is 1030 g/mol. The first kappa shape index (κ1) is 50.3. The van der Waals surface area contributed by atoms with Crippen molar-refractivity contribution in [3.05, 3.63) is 0 Å². The lowest BCUT2D eigenvalue weighted by molar-refractivity contribution is 0.336. The Hall–Kier alpha value is 0.440. The number of hydrogen-bond acceptors (Lipinski definition) is 4. The van der Waals surface area contributed by atoms with Gasteiger partial charge in [0.2, 0.25) is 0 Å². The summed E-state index contributed by atoms with van der Waals surface area (Å²) in [6.45, 7) is 27.7. The fraction of sp³-hybridized carbons (Fsp3) is 1.00. The first-order valence-corrected chi connectivity index (χ1v) is 36.1. The molecular formula is C49H96N16P4. The van der Waals surface area contributed by atoms with Gasteiger partial charge in [-0.2, -0.15) is 19.0 Å². The van der Waals surface area contributed by atoms with E-state index in [1.807, 2.05) is 0 Å². The molecule has 0 aromatic heterocycles. The Morgan fingerprint density at radius 1 is 0.159 bits per heavy atom. The second-order valence-corrected chi connectivity index (χ2v) is 35.0. The van der Waals surface area contributed by atoms with Crippen LogP contribution in [0.25, 0.3) is 0 Å². The monoisotopic (exact) mass is 1030 g/mol. The maximum absolute atomic E-state index is 7.31. The van der Waals surface area contributed by atoms with Gasteiger partial charge in [0.25, 0.3) is 0 Å². The molecule has 12 rings (SSSR count). The third-order valence-corrected chi connectivity index (χ3v) is 34.7. The van der Waals surface area contributed by atoms with E-state index in [2.05, 4.69) is 56.0 Å². The van der Waals surface area contributed by atoms with E-state index in [1.165, 1.54) is 154 Å². The maximum atomic E-state index is 7.31. The molecule has 0 aromatic rings. The van der Waals surface area contributed by atoms with Crippen LogP contribution in [0.3, 0.4) is 0 Å². The van der Waals surface area contributed by atoms with Gasteiger partial charge in [0.05, 0.1) is 0 Å². The first-order chi connectivity index (χ1) is 34.1. The fourth-order valence-electron chi connectivity index (χ4n) is 15.4. The van der Waals surface area contributed by atoms with Crippen molar-refractivity contribution < 1.29 is 0 Å². The molecule has 0 N–H and O–H groups in total. The van der Waals surface area contributed by atoms with Crippen LogP contribution in [0.4, 0.5) is 0 Å². The zero-order valence-corrected chi connectivity index (χ0v) is 47.0. The van der Waals surface area contributed by atoms with Gasteiger partial charge in [-0.25, -0.2) is 56.0 Å².